The Morgan fingerprint density at radius 1 is 0.727 bits per heavy atom. The maximum Gasteiger partial charge on any atom is 0.123 e. The Morgan fingerprint density at radius 3 is 1.97 bits per heavy atom. The zero-order chi connectivity index (χ0) is 22.5. The molecule has 1 saturated heterocycles. The monoisotopic (exact) mass is 441 g/mol. The predicted molar refractivity (Wildman–Crippen MR) is 133 cm³/mol. The molecule has 1 aliphatic heterocycles. The van der Waals surface area contributed by atoms with E-state index >= 15 is 0 Å². The van der Waals surface area contributed by atoms with E-state index in [-0.39, 0.29) is 11.9 Å². The van der Waals surface area contributed by atoms with Gasteiger partial charge in [0, 0.05) is 26.2 Å². The molecular formula is C29H32FN3. The molecule has 1 aliphatic carbocycles. The van der Waals surface area contributed by atoms with E-state index < -0.39 is 0 Å². The first-order chi connectivity index (χ1) is 16.3. The highest BCUT2D eigenvalue weighted by Gasteiger charge is 2.35. The van der Waals surface area contributed by atoms with Gasteiger partial charge < -0.3 is 4.90 Å². The number of hydrogen-bond acceptors (Lipinski definition) is 2. The number of nitrogens with zero attached hydrogens (tertiary/aromatic N) is 3. The number of piperazine rings is 1. The van der Waals surface area contributed by atoms with Gasteiger partial charge >= 0.3 is 0 Å². The highest BCUT2D eigenvalue weighted by molar-refractivity contribution is 5.89. The minimum Gasteiger partial charge on any atom is -0.353 e. The lowest BCUT2D eigenvalue weighted by molar-refractivity contribution is 0.162. The van der Waals surface area contributed by atoms with Gasteiger partial charge in [0.25, 0.3) is 0 Å². The van der Waals surface area contributed by atoms with E-state index in [0.717, 1.165) is 50.4 Å². The van der Waals surface area contributed by atoms with Crippen molar-refractivity contribution in [2.24, 2.45) is 4.99 Å². The van der Waals surface area contributed by atoms with Crippen molar-refractivity contribution in [2.75, 3.05) is 13.1 Å². The van der Waals surface area contributed by atoms with Crippen molar-refractivity contribution in [3.63, 3.8) is 0 Å². The van der Waals surface area contributed by atoms with E-state index in [9.17, 15) is 4.39 Å². The summed E-state index contributed by atoms with van der Waals surface area (Å²) >= 11 is 0. The molecule has 4 heteroatoms. The lowest BCUT2D eigenvalue weighted by Crippen LogP contribution is -2.52. The third-order valence-corrected chi connectivity index (χ3v) is 6.86. The molecule has 5 rings (SSSR count). The Hall–Kier alpha value is -2.98. The standard InChI is InChI=1S/C29H32FN3/c30-26-17-15-25(16-18-26)28-29(31-27-13-7-8-14-27)33(22-24-11-5-2-6-12-24)20-19-32(28)21-23-9-3-1-4-10-23/h1-6,9-12,15-18,27-28H,7-8,13-14,19-22H2/b31-29-. The quantitative estimate of drug-likeness (QED) is 0.452. The van der Waals surface area contributed by atoms with E-state index in [4.69, 9.17) is 4.99 Å². The van der Waals surface area contributed by atoms with Crippen LogP contribution in [0.1, 0.15) is 48.4 Å². The summed E-state index contributed by atoms with van der Waals surface area (Å²) in [5, 5.41) is 0. The van der Waals surface area contributed by atoms with Crippen LogP contribution in [0, 0.1) is 5.82 Å². The molecule has 2 fully saturated rings. The number of rotatable bonds is 6. The molecule has 0 amide bonds. The maximum atomic E-state index is 13.8. The molecule has 33 heavy (non-hydrogen) atoms. The van der Waals surface area contributed by atoms with Gasteiger partial charge in [0.2, 0.25) is 0 Å². The first-order valence-corrected chi connectivity index (χ1v) is 12.2. The van der Waals surface area contributed by atoms with Crippen molar-refractivity contribution in [3.05, 3.63) is 107 Å². The summed E-state index contributed by atoms with van der Waals surface area (Å²) in [7, 11) is 0. The molecule has 0 spiro atoms. The zero-order valence-electron chi connectivity index (χ0n) is 19.1. The highest BCUT2D eigenvalue weighted by Crippen LogP contribution is 2.32. The lowest BCUT2D eigenvalue weighted by atomic mass is 9.98. The second-order valence-corrected chi connectivity index (χ2v) is 9.24. The molecule has 1 saturated carbocycles. The van der Waals surface area contributed by atoms with Crippen LogP contribution in [0.4, 0.5) is 4.39 Å². The average molecular weight is 442 g/mol. The summed E-state index contributed by atoms with van der Waals surface area (Å²) in [4.78, 5) is 10.4. The smallest absolute Gasteiger partial charge is 0.123 e. The molecule has 3 aromatic rings. The molecule has 0 aromatic heterocycles. The predicted octanol–water partition coefficient (Wildman–Crippen LogP) is 6.23. The molecule has 2 aliphatic rings. The fourth-order valence-electron chi connectivity index (χ4n) is 5.16. The minimum absolute atomic E-state index is 0.0175. The van der Waals surface area contributed by atoms with Gasteiger partial charge in [0.15, 0.2) is 0 Å². The van der Waals surface area contributed by atoms with Crippen LogP contribution < -0.4 is 0 Å². The van der Waals surface area contributed by atoms with Crippen molar-refractivity contribution >= 4 is 5.84 Å². The summed E-state index contributed by atoms with van der Waals surface area (Å²) in [5.41, 5.74) is 3.70. The van der Waals surface area contributed by atoms with Gasteiger partial charge in [0.05, 0.1) is 12.1 Å². The second kappa shape index (κ2) is 10.3. The van der Waals surface area contributed by atoms with Gasteiger partial charge in [-0.05, 0) is 41.7 Å². The molecule has 0 bridgehead atoms. The summed E-state index contributed by atoms with van der Waals surface area (Å²) in [6.07, 6.45) is 4.85. The van der Waals surface area contributed by atoms with Crippen molar-refractivity contribution in [2.45, 2.75) is 50.9 Å². The van der Waals surface area contributed by atoms with Gasteiger partial charge in [-0.1, -0.05) is 85.6 Å². The van der Waals surface area contributed by atoms with Crippen LogP contribution in [0.5, 0.6) is 0 Å². The Bertz CT molecular complexity index is 1040. The summed E-state index contributed by atoms with van der Waals surface area (Å²) in [6.45, 7) is 3.58. The normalized spacial score (nSPS) is 21.1. The average Bonchev–Trinajstić information content (AvgIpc) is 3.36. The summed E-state index contributed by atoms with van der Waals surface area (Å²) < 4.78 is 13.8. The first kappa shape index (κ1) is 21.8. The Balaban J connectivity index is 1.53. The minimum atomic E-state index is -0.195. The third-order valence-electron chi connectivity index (χ3n) is 6.86. The van der Waals surface area contributed by atoms with Gasteiger partial charge in [-0.25, -0.2) is 4.39 Å². The fourth-order valence-corrected chi connectivity index (χ4v) is 5.16. The van der Waals surface area contributed by atoms with Crippen LogP contribution in [0.3, 0.4) is 0 Å². The van der Waals surface area contributed by atoms with E-state index in [1.54, 1.807) is 12.1 Å². The zero-order valence-corrected chi connectivity index (χ0v) is 19.1. The van der Waals surface area contributed by atoms with Crippen molar-refractivity contribution < 1.29 is 4.39 Å². The Morgan fingerprint density at radius 2 is 1.33 bits per heavy atom. The van der Waals surface area contributed by atoms with Crippen molar-refractivity contribution in [3.8, 4) is 0 Å². The van der Waals surface area contributed by atoms with Gasteiger partial charge in [-0.15, -0.1) is 0 Å². The summed E-state index contributed by atoms with van der Waals surface area (Å²) in [6, 6.07) is 28.7. The first-order valence-electron chi connectivity index (χ1n) is 12.2. The molecule has 0 radical (unpaired) electrons. The Labute approximate surface area is 196 Å². The van der Waals surface area contributed by atoms with Crippen LogP contribution in [0.15, 0.2) is 89.9 Å². The highest BCUT2D eigenvalue weighted by atomic mass is 19.1. The van der Waals surface area contributed by atoms with Crippen LogP contribution >= 0.6 is 0 Å². The van der Waals surface area contributed by atoms with Gasteiger partial charge in [-0.2, -0.15) is 0 Å². The largest absolute Gasteiger partial charge is 0.353 e. The van der Waals surface area contributed by atoms with Gasteiger partial charge in [-0.3, -0.25) is 9.89 Å². The fraction of sp³-hybridized carbons (Fsp3) is 0.345. The maximum absolute atomic E-state index is 13.8. The van der Waals surface area contributed by atoms with Crippen LogP contribution in [0.25, 0.3) is 0 Å². The van der Waals surface area contributed by atoms with Crippen molar-refractivity contribution in [1.82, 2.24) is 9.80 Å². The Kier molecular flexibility index (Phi) is 6.82. The number of aliphatic imine (C=N–C) groups is 1. The molecule has 1 unspecified atom stereocenters. The van der Waals surface area contributed by atoms with Crippen molar-refractivity contribution in [1.29, 1.82) is 0 Å². The third kappa shape index (κ3) is 5.33. The molecular weight excluding hydrogens is 409 g/mol. The van der Waals surface area contributed by atoms with E-state index in [1.165, 1.54) is 24.0 Å². The SMILES string of the molecule is Fc1ccc(C2/C(=N/C3CCCC3)N(Cc3ccccc3)CCN2Cc2ccccc2)cc1. The molecule has 1 heterocycles. The number of benzene rings is 3. The van der Waals surface area contributed by atoms with E-state index in [0.29, 0.717) is 6.04 Å². The van der Waals surface area contributed by atoms with Crippen LogP contribution in [-0.2, 0) is 13.1 Å². The molecule has 1 atom stereocenters. The topological polar surface area (TPSA) is 18.8 Å². The lowest BCUT2D eigenvalue weighted by Gasteiger charge is -2.44. The number of hydrogen-bond donors (Lipinski definition) is 0. The number of halogens is 1. The van der Waals surface area contributed by atoms with E-state index in [2.05, 4.69) is 70.5 Å². The summed E-state index contributed by atoms with van der Waals surface area (Å²) in [5.74, 6) is 0.944. The molecule has 170 valence electrons. The van der Waals surface area contributed by atoms with E-state index in [1.807, 2.05) is 12.1 Å². The number of amidine groups is 1. The molecule has 3 aromatic carbocycles. The van der Waals surface area contributed by atoms with Gasteiger partial charge in [0.1, 0.15) is 11.7 Å². The van der Waals surface area contributed by atoms with Crippen LogP contribution in [0.2, 0.25) is 0 Å². The second-order valence-electron chi connectivity index (χ2n) is 9.24. The molecule has 0 N–H and O–H groups in total. The molecule has 3 nitrogen and oxygen atoms in total. The van der Waals surface area contributed by atoms with Crippen LogP contribution in [-0.4, -0.2) is 34.8 Å².